The number of nitrogens with zero attached hydrogens (tertiary/aromatic N) is 1. The van der Waals surface area contributed by atoms with Gasteiger partial charge in [-0.1, -0.05) is 12.1 Å². The number of carbonyl (C=O) groups is 2. The zero-order valence-corrected chi connectivity index (χ0v) is 15.1. The summed E-state index contributed by atoms with van der Waals surface area (Å²) >= 11 is 0. The van der Waals surface area contributed by atoms with Crippen LogP contribution >= 0.6 is 0 Å². The Labute approximate surface area is 155 Å². The van der Waals surface area contributed by atoms with E-state index in [2.05, 4.69) is 5.32 Å². The standard InChI is InChI=1S/C18H23F3N2O4/c1-2-26-17(25)13-7-9-23(10-8-13)16(24)11-22-14-5-3-4-6-15(14)27-12-18(19,20)21/h3-6,13,22H,2,7-12H2,1H3. The number of amides is 1. The Morgan fingerprint density at radius 3 is 2.52 bits per heavy atom. The van der Waals surface area contributed by atoms with E-state index in [0.717, 1.165) is 0 Å². The van der Waals surface area contributed by atoms with Crippen molar-refractivity contribution >= 4 is 17.6 Å². The Bertz CT molecular complexity index is 644. The fourth-order valence-electron chi connectivity index (χ4n) is 2.81. The first-order valence-electron chi connectivity index (χ1n) is 8.77. The molecule has 1 saturated heterocycles. The van der Waals surface area contributed by atoms with E-state index in [0.29, 0.717) is 38.2 Å². The maximum atomic E-state index is 12.3. The highest BCUT2D eigenvalue weighted by atomic mass is 19.4. The summed E-state index contributed by atoms with van der Waals surface area (Å²) in [5.74, 6) is -0.594. The second kappa shape index (κ2) is 9.48. The van der Waals surface area contributed by atoms with Crippen molar-refractivity contribution in [3.63, 3.8) is 0 Å². The van der Waals surface area contributed by atoms with E-state index in [4.69, 9.17) is 9.47 Å². The Morgan fingerprint density at radius 2 is 1.89 bits per heavy atom. The second-order valence-electron chi connectivity index (χ2n) is 6.16. The molecule has 0 bridgehead atoms. The molecule has 1 fully saturated rings. The number of esters is 1. The predicted octanol–water partition coefficient (Wildman–Crippen LogP) is 2.84. The first kappa shape index (κ1) is 20.9. The molecule has 1 N–H and O–H groups in total. The van der Waals surface area contributed by atoms with Crippen molar-refractivity contribution in [1.29, 1.82) is 0 Å². The number of nitrogens with one attached hydrogen (secondary N) is 1. The molecule has 0 spiro atoms. The molecule has 0 saturated carbocycles. The second-order valence-corrected chi connectivity index (χ2v) is 6.16. The quantitative estimate of drug-likeness (QED) is 0.728. The molecule has 1 aromatic carbocycles. The van der Waals surface area contributed by atoms with Crippen LogP contribution in [0.1, 0.15) is 19.8 Å². The first-order valence-corrected chi connectivity index (χ1v) is 8.77. The summed E-state index contributed by atoms with van der Waals surface area (Å²) in [6.07, 6.45) is -3.36. The van der Waals surface area contributed by atoms with Crippen molar-refractivity contribution in [3.8, 4) is 5.75 Å². The molecule has 0 atom stereocenters. The Balaban J connectivity index is 1.83. The average Bonchev–Trinajstić information content (AvgIpc) is 2.64. The minimum atomic E-state index is -4.44. The van der Waals surface area contributed by atoms with Crippen LogP contribution < -0.4 is 10.1 Å². The molecule has 0 aliphatic carbocycles. The van der Waals surface area contributed by atoms with Crippen LogP contribution in [0.4, 0.5) is 18.9 Å². The minimum Gasteiger partial charge on any atom is -0.482 e. The molecule has 1 aliphatic heterocycles. The molecule has 6 nitrogen and oxygen atoms in total. The predicted molar refractivity (Wildman–Crippen MR) is 92.4 cm³/mol. The van der Waals surface area contributed by atoms with Gasteiger partial charge in [0.25, 0.3) is 0 Å². The molecule has 9 heteroatoms. The van der Waals surface area contributed by atoms with Gasteiger partial charge in [0.05, 0.1) is 24.8 Å². The molecule has 0 unspecified atom stereocenters. The lowest BCUT2D eigenvalue weighted by molar-refractivity contribution is -0.153. The minimum absolute atomic E-state index is 0.0312. The lowest BCUT2D eigenvalue weighted by atomic mass is 9.97. The maximum absolute atomic E-state index is 12.3. The summed E-state index contributed by atoms with van der Waals surface area (Å²) in [6, 6.07) is 6.15. The number of carbonyl (C=O) groups excluding carboxylic acids is 2. The van der Waals surface area contributed by atoms with E-state index < -0.39 is 12.8 Å². The Hall–Kier alpha value is -2.45. The molecule has 2 rings (SSSR count). The van der Waals surface area contributed by atoms with Gasteiger partial charge >= 0.3 is 12.1 Å². The summed E-state index contributed by atoms with van der Waals surface area (Å²) in [6.45, 7) is 1.49. The Morgan fingerprint density at radius 1 is 1.22 bits per heavy atom. The molecule has 1 heterocycles. The van der Waals surface area contributed by atoms with Crippen LogP contribution in [0.2, 0.25) is 0 Å². The van der Waals surface area contributed by atoms with Gasteiger partial charge in [0.15, 0.2) is 6.61 Å². The highest BCUT2D eigenvalue weighted by Gasteiger charge is 2.29. The summed E-state index contributed by atoms with van der Waals surface area (Å²) in [7, 11) is 0. The van der Waals surface area contributed by atoms with Crippen LogP contribution in [0.5, 0.6) is 5.75 Å². The molecule has 1 aromatic rings. The maximum Gasteiger partial charge on any atom is 0.422 e. The topological polar surface area (TPSA) is 67.9 Å². The van der Waals surface area contributed by atoms with E-state index in [1.165, 1.54) is 6.07 Å². The van der Waals surface area contributed by atoms with Crippen molar-refractivity contribution < 1.29 is 32.2 Å². The van der Waals surface area contributed by atoms with Gasteiger partial charge in [-0.15, -0.1) is 0 Å². The van der Waals surface area contributed by atoms with Gasteiger partial charge in [0.1, 0.15) is 5.75 Å². The molecule has 1 aliphatic rings. The number of benzene rings is 1. The molecule has 150 valence electrons. The van der Waals surface area contributed by atoms with Crippen LogP contribution in [0.3, 0.4) is 0 Å². The van der Waals surface area contributed by atoms with Gasteiger partial charge in [-0.05, 0) is 31.9 Å². The highest BCUT2D eigenvalue weighted by Crippen LogP contribution is 2.26. The number of alkyl halides is 3. The van der Waals surface area contributed by atoms with E-state index >= 15 is 0 Å². The number of hydrogen-bond donors (Lipinski definition) is 1. The normalized spacial score (nSPS) is 15.3. The van der Waals surface area contributed by atoms with Crippen LogP contribution in [0.25, 0.3) is 0 Å². The molecule has 0 aromatic heterocycles. The van der Waals surface area contributed by atoms with Crippen LogP contribution in [0, 0.1) is 5.92 Å². The largest absolute Gasteiger partial charge is 0.482 e. The zero-order chi connectivity index (χ0) is 19.9. The molecular weight excluding hydrogens is 365 g/mol. The first-order chi connectivity index (χ1) is 12.8. The fraction of sp³-hybridized carbons (Fsp3) is 0.556. The van der Waals surface area contributed by atoms with Crippen molar-refractivity contribution in [2.45, 2.75) is 25.9 Å². The zero-order valence-electron chi connectivity index (χ0n) is 15.1. The fourth-order valence-corrected chi connectivity index (χ4v) is 2.81. The number of hydrogen-bond acceptors (Lipinski definition) is 5. The third-order valence-corrected chi connectivity index (χ3v) is 4.18. The Kier molecular flexibility index (Phi) is 7.32. The van der Waals surface area contributed by atoms with Crippen LogP contribution in [-0.4, -0.2) is 55.8 Å². The highest BCUT2D eigenvalue weighted by molar-refractivity contribution is 5.82. The van der Waals surface area contributed by atoms with E-state index in [1.807, 2.05) is 0 Å². The third kappa shape index (κ3) is 6.65. The number of para-hydroxylation sites is 2. The van der Waals surface area contributed by atoms with Gasteiger partial charge in [0, 0.05) is 13.1 Å². The number of likely N-dealkylation sites (tertiary alicyclic amines) is 1. The van der Waals surface area contributed by atoms with Crippen molar-refractivity contribution in [1.82, 2.24) is 4.90 Å². The van der Waals surface area contributed by atoms with E-state index in [1.54, 1.807) is 30.0 Å². The monoisotopic (exact) mass is 388 g/mol. The number of rotatable bonds is 7. The number of ether oxygens (including phenoxy) is 2. The van der Waals surface area contributed by atoms with Crippen LogP contribution in [0.15, 0.2) is 24.3 Å². The molecular formula is C18H23F3N2O4. The number of halogens is 3. The van der Waals surface area contributed by atoms with Gasteiger partial charge in [-0.2, -0.15) is 13.2 Å². The van der Waals surface area contributed by atoms with Gasteiger partial charge in [-0.3, -0.25) is 9.59 Å². The van der Waals surface area contributed by atoms with Crippen molar-refractivity contribution in [2.24, 2.45) is 5.92 Å². The van der Waals surface area contributed by atoms with E-state index in [-0.39, 0.29) is 30.1 Å². The summed E-state index contributed by atoms with van der Waals surface area (Å²) < 4.78 is 46.8. The average molecular weight is 388 g/mol. The van der Waals surface area contributed by atoms with Crippen molar-refractivity contribution in [2.75, 3.05) is 38.2 Å². The lowest BCUT2D eigenvalue weighted by Crippen LogP contribution is -2.43. The number of anilines is 1. The molecule has 0 radical (unpaired) electrons. The molecule has 1 amide bonds. The van der Waals surface area contributed by atoms with Gasteiger partial charge in [-0.25, -0.2) is 0 Å². The smallest absolute Gasteiger partial charge is 0.422 e. The molecule has 27 heavy (non-hydrogen) atoms. The summed E-state index contributed by atoms with van der Waals surface area (Å²) in [5, 5.41) is 2.83. The van der Waals surface area contributed by atoms with Gasteiger partial charge in [0.2, 0.25) is 5.91 Å². The lowest BCUT2D eigenvalue weighted by Gasteiger charge is -2.31. The SMILES string of the molecule is CCOC(=O)C1CCN(C(=O)CNc2ccccc2OCC(F)(F)F)CC1. The third-order valence-electron chi connectivity index (χ3n) is 4.18. The van der Waals surface area contributed by atoms with E-state index in [9.17, 15) is 22.8 Å². The summed E-state index contributed by atoms with van der Waals surface area (Å²) in [5.41, 5.74) is 0.316. The summed E-state index contributed by atoms with van der Waals surface area (Å²) in [4.78, 5) is 25.7. The van der Waals surface area contributed by atoms with Crippen molar-refractivity contribution in [3.05, 3.63) is 24.3 Å². The van der Waals surface area contributed by atoms with Crippen LogP contribution in [-0.2, 0) is 14.3 Å². The number of piperidine rings is 1. The van der Waals surface area contributed by atoms with Gasteiger partial charge < -0.3 is 19.7 Å².